The van der Waals surface area contributed by atoms with Crippen LogP contribution in [0.4, 0.5) is 5.00 Å². The van der Waals surface area contributed by atoms with Gasteiger partial charge in [-0.1, -0.05) is 35.2 Å². The molecule has 102 valence electrons. The highest BCUT2D eigenvalue weighted by atomic mass is 32.2. The van der Waals surface area contributed by atoms with Crippen LogP contribution in [-0.4, -0.2) is 14.5 Å². The number of benzene rings is 1. The molecular formula is C13H11N3O2S2. The first-order valence-corrected chi connectivity index (χ1v) is 7.78. The van der Waals surface area contributed by atoms with E-state index in [2.05, 4.69) is 4.98 Å². The minimum atomic E-state index is -0.353. The van der Waals surface area contributed by atoms with Gasteiger partial charge in [0.15, 0.2) is 5.16 Å². The van der Waals surface area contributed by atoms with Crippen molar-refractivity contribution in [3.05, 3.63) is 51.4 Å². The molecule has 0 saturated heterocycles. The second-order valence-corrected chi connectivity index (χ2v) is 6.11. The summed E-state index contributed by atoms with van der Waals surface area (Å²) in [6.07, 6.45) is 0. The second-order valence-electron chi connectivity index (χ2n) is 4.28. The molecule has 0 aliphatic heterocycles. The third-order valence-electron chi connectivity index (χ3n) is 2.93. The van der Waals surface area contributed by atoms with Crippen molar-refractivity contribution in [2.24, 2.45) is 7.05 Å². The lowest BCUT2D eigenvalue weighted by atomic mass is 10.3. The number of hydrogen-bond acceptors (Lipinski definition) is 5. The number of nitrogens with zero attached hydrogens (tertiary/aromatic N) is 3. The Morgan fingerprint density at radius 2 is 2.25 bits per heavy atom. The van der Waals surface area contributed by atoms with E-state index in [1.807, 2.05) is 41.3 Å². The fourth-order valence-electron chi connectivity index (χ4n) is 1.93. The van der Waals surface area contributed by atoms with Gasteiger partial charge in [-0.05, 0) is 17.7 Å². The summed E-state index contributed by atoms with van der Waals surface area (Å²) in [6.45, 7) is 0. The number of aryl methyl sites for hydroxylation is 1. The Morgan fingerprint density at radius 3 is 2.95 bits per heavy atom. The van der Waals surface area contributed by atoms with Crippen molar-refractivity contribution in [2.45, 2.75) is 10.9 Å². The zero-order valence-electron chi connectivity index (χ0n) is 10.6. The number of para-hydroxylation sites is 2. The van der Waals surface area contributed by atoms with Crippen LogP contribution in [-0.2, 0) is 12.8 Å². The lowest BCUT2D eigenvalue weighted by molar-refractivity contribution is -0.380. The van der Waals surface area contributed by atoms with Gasteiger partial charge in [-0.2, -0.15) is 0 Å². The number of aromatic nitrogens is 2. The number of imidazole rings is 1. The Bertz CT molecular complexity index is 779. The molecule has 1 aromatic carbocycles. The molecule has 3 aromatic rings. The monoisotopic (exact) mass is 305 g/mol. The summed E-state index contributed by atoms with van der Waals surface area (Å²) in [4.78, 5) is 14.9. The largest absolute Gasteiger partial charge is 0.324 e. The number of nitro groups is 1. The highest BCUT2D eigenvalue weighted by Crippen LogP contribution is 2.29. The van der Waals surface area contributed by atoms with Gasteiger partial charge in [0.05, 0.1) is 16.0 Å². The van der Waals surface area contributed by atoms with Crippen LogP contribution in [0, 0.1) is 10.1 Å². The molecule has 0 spiro atoms. The number of fused-ring (bicyclic) bond motifs is 1. The van der Waals surface area contributed by atoms with E-state index in [-0.39, 0.29) is 9.92 Å². The molecule has 0 aliphatic rings. The summed E-state index contributed by atoms with van der Waals surface area (Å²) < 4.78 is 2.04. The summed E-state index contributed by atoms with van der Waals surface area (Å²) in [7, 11) is 1.98. The maximum absolute atomic E-state index is 10.7. The molecule has 0 atom stereocenters. The fraction of sp³-hybridized carbons (Fsp3) is 0.154. The summed E-state index contributed by atoms with van der Waals surface area (Å²) in [5.41, 5.74) is 3.01. The minimum absolute atomic E-state index is 0.186. The van der Waals surface area contributed by atoms with Crippen LogP contribution in [0.2, 0.25) is 0 Å². The lowest BCUT2D eigenvalue weighted by Crippen LogP contribution is -1.90. The molecule has 5 nitrogen and oxygen atoms in total. The Labute approximate surface area is 123 Å². The van der Waals surface area contributed by atoms with Crippen LogP contribution >= 0.6 is 23.1 Å². The van der Waals surface area contributed by atoms with Crippen molar-refractivity contribution >= 4 is 39.1 Å². The molecule has 0 aliphatic carbocycles. The molecule has 0 fully saturated rings. The molecule has 0 radical (unpaired) electrons. The van der Waals surface area contributed by atoms with E-state index in [1.165, 1.54) is 0 Å². The van der Waals surface area contributed by atoms with Gasteiger partial charge in [0.1, 0.15) is 0 Å². The maximum atomic E-state index is 10.7. The Kier molecular flexibility index (Phi) is 3.45. The van der Waals surface area contributed by atoms with Gasteiger partial charge in [-0.3, -0.25) is 10.1 Å². The van der Waals surface area contributed by atoms with Crippen LogP contribution in [0.25, 0.3) is 11.0 Å². The van der Waals surface area contributed by atoms with E-state index in [4.69, 9.17) is 0 Å². The lowest BCUT2D eigenvalue weighted by Gasteiger charge is -2.00. The molecule has 0 bridgehead atoms. The van der Waals surface area contributed by atoms with Crippen molar-refractivity contribution in [3.8, 4) is 0 Å². The fourth-order valence-corrected chi connectivity index (χ4v) is 3.69. The predicted octanol–water partition coefficient (Wildman–Crippen LogP) is 3.84. The second kappa shape index (κ2) is 5.26. The third kappa shape index (κ3) is 2.41. The standard InChI is InChI=1S/C13H11N3O2S2/c1-15-11-5-3-2-4-10(11)14-13(15)20-8-9-6-12(16(17)18)19-7-9/h2-7H,8H2,1H3. The van der Waals surface area contributed by atoms with Crippen molar-refractivity contribution in [1.82, 2.24) is 9.55 Å². The van der Waals surface area contributed by atoms with E-state index in [0.29, 0.717) is 5.75 Å². The summed E-state index contributed by atoms with van der Waals surface area (Å²) in [5, 5.41) is 13.6. The molecule has 3 rings (SSSR count). The number of rotatable bonds is 4. The number of thiophene rings is 1. The van der Waals surface area contributed by atoms with Crippen LogP contribution in [0.3, 0.4) is 0 Å². The van der Waals surface area contributed by atoms with Crippen LogP contribution in [0.15, 0.2) is 40.9 Å². The van der Waals surface area contributed by atoms with E-state index >= 15 is 0 Å². The normalized spacial score (nSPS) is 11.1. The number of hydrogen-bond donors (Lipinski definition) is 0. The molecule has 2 aromatic heterocycles. The first kappa shape index (κ1) is 13.1. The Balaban J connectivity index is 1.79. The topological polar surface area (TPSA) is 61.0 Å². The number of thioether (sulfide) groups is 1. The summed E-state index contributed by atoms with van der Waals surface area (Å²) in [5.74, 6) is 0.682. The van der Waals surface area contributed by atoms with Gasteiger partial charge in [-0.15, -0.1) is 0 Å². The molecule has 2 heterocycles. The molecule has 0 amide bonds. The molecule has 0 unspecified atom stereocenters. The van der Waals surface area contributed by atoms with Gasteiger partial charge in [0, 0.05) is 24.2 Å². The highest BCUT2D eigenvalue weighted by molar-refractivity contribution is 7.98. The first-order valence-electron chi connectivity index (χ1n) is 5.91. The van der Waals surface area contributed by atoms with Crippen LogP contribution in [0.1, 0.15) is 5.56 Å². The van der Waals surface area contributed by atoms with E-state index in [1.54, 1.807) is 17.8 Å². The van der Waals surface area contributed by atoms with Crippen LogP contribution in [0.5, 0.6) is 0 Å². The summed E-state index contributed by atoms with van der Waals surface area (Å²) >= 11 is 2.75. The smallest absolute Gasteiger partial charge is 0.322 e. The zero-order chi connectivity index (χ0) is 14.1. The molecule has 0 N–H and O–H groups in total. The van der Waals surface area contributed by atoms with Crippen molar-refractivity contribution < 1.29 is 4.92 Å². The quantitative estimate of drug-likeness (QED) is 0.417. The molecule has 0 saturated carbocycles. The van der Waals surface area contributed by atoms with Crippen LogP contribution < -0.4 is 0 Å². The van der Waals surface area contributed by atoms with Crippen molar-refractivity contribution in [3.63, 3.8) is 0 Å². The average molecular weight is 305 g/mol. The van der Waals surface area contributed by atoms with Gasteiger partial charge >= 0.3 is 5.00 Å². The first-order chi connectivity index (χ1) is 9.65. The molecule has 20 heavy (non-hydrogen) atoms. The maximum Gasteiger partial charge on any atom is 0.324 e. The Morgan fingerprint density at radius 1 is 1.45 bits per heavy atom. The van der Waals surface area contributed by atoms with Crippen molar-refractivity contribution in [1.29, 1.82) is 0 Å². The summed E-state index contributed by atoms with van der Waals surface area (Å²) in [6, 6.07) is 9.59. The average Bonchev–Trinajstić information content (AvgIpc) is 3.03. The molecule has 7 heteroatoms. The van der Waals surface area contributed by atoms with E-state index in [0.717, 1.165) is 33.1 Å². The van der Waals surface area contributed by atoms with Gasteiger partial charge in [-0.25, -0.2) is 4.98 Å². The minimum Gasteiger partial charge on any atom is -0.322 e. The van der Waals surface area contributed by atoms with E-state index < -0.39 is 0 Å². The SMILES string of the molecule is Cn1c(SCc2csc([N+](=O)[O-])c2)nc2ccccc21. The van der Waals surface area contributed by atoms with E-state index in [9.17, 15) is 10.1 Å². The predicted molar refractivity (Wildman–Crippen MR) is 81.2 cm³/mol. The Hall–Kier alpha value is -1.86. The van der Waals surface area contributed by atoms with Crippen molar-refractivity contribution in [2.75, 3.05) is 0 Å². The molecular weight excluding hydrogens is 294 g/mol. The van der Waals surface area contributed by atoms with Gasteiger partial charge in [0.25, 0.3) is 0 Å². The highest BCUT2D eigenvalue weighted by Gasteiger charge is 2.12. The van der Waals surface area contributed by atoms with Gasteiger partial charge in [0.2, 0.25) is 0 Å². The zero-order valence-corrected chi connectivity index (χ0v) is 12.3. The van der Waals surface area contributed by atoms with Gasteiger partial charge < -0.3 is 4.57 Å². The third-order valence-corrected chi connectivity index (χ3v) is 4.96.